The fourth-order valence-electron chi connectivity index (χ4n) is 9.20. The molecule has 0 aliphatic carbocycles. The Labute approximate surface area is 324 Å². The third-order valence-electron chi connectivity index (χ3n) is 11.5. The predicted molar refractivity (Wildman–Crippen MR) is 238 cm³/mol. The van der Waals surface area contributed by atoms with E-state index in [1.807, 2.05) is 0 Å². The highest BCUT2D eigenvalue weighted by Gasteiger charge is 2.20. The molecule has 0 amide bonds. The van der Waals surface area contributed by atoms with Crippen molar-refractivity contribution in [3.8, 4) is 44.5 Å². The molecule has 0 heterocycles. The van der Waals surface area contributed by atoms with Gasteiger partial charge in [-0.2, -0.15) is 0 Å². The summed E-state index contributed by atoms with van der Waals surface area (Å²) in [5, 5.41) is 15.3. The maximum atomic E-state index is 7.23. The average Bonchev–Trinajstić information content (AvgIpc) is 3.25. The molecule has 0 atom stereocenters. The van der Waals surface area contributed by atoms with E-state index < -0.39 is 0 Å². The van der Waals surface area contributed by atoms with Gasteiger partial charge < -0.3 is 0 Å². The molecule has 0 aromatic heterocycles. The summed E-state index contributed by atoms with van der Waals surface area (Å²) >= 11 is 7.23. The average molecular weight is 717 g/mol. The summed E-state index contributed by atoms with van der Waals surface area (Å²) in [6.07, 6.45) is 0. The van der Waals surface area contributed by atoms with E-state index in [0.29, 0.717) is 0 Å². The molecule has 11 aromatic carbocycles. The lowest BCUT2D eigenvalue weighted by molar-refractivity contribution is 1.66. The van der Waals surface area contributed by atoms with Gasteiger partial charge in [0.25, 0.3) is 0 Å². The quantitative estimate of drug-likeness (QED) is 0.126. The van der Waals surface area contributed by atoms with Gasteiger partial charge in [-0.1, -0.05) is 200 Å². The summed E-state index contributed by atoms with van der Waals surface area (Å²) in [4.78, 5) is 0. The number of hydrogen-bond donors (Lipinski definition) is 0. The van der Waals surface area contributed by atoms with Gasteiger partial charge in [0.2, 0.25) is 0 Å². The first kappa shape index (κ1) is 31.8. The van der Waals surface area contributed by atoms with Crippen LogP contribution < -0.4 is 0 Å². The van der Waals surface area contributed by atoms with Gasteiger partial charge in [-0.25, -0.2) is 0 Å². The van der Waals surface area contributed by atoms with E-state index in [4.69, 9.17) is 11.6 Å². The molecule has 0 N–H and O–H groups in total. The van der Waals surface area contributed by atoms with Crippen LogP contribution in [0, 0.1) is 0 Å². The molecule has 0 nitrogen and oxygen atoms in total. The highest BCUT2D eigenvalue weighted by Crippen LogP contribution is 2.48. The lowest BCUT2D eigenvalue weighted by Crippen LogP contribution is -1.92. The van der Waals surface area contributed by atoms with Crippen LogP contribution in [-0.2, 0) is 0 Å². The van der Waals surface area contributed by atoms with Crippen LogP contribution in [0.15, 0.2) is 200 Å². The molecule has 0 fully saturated rings. The van der Waals surface area contributed by atoms with Gasteiger partial charge in [-0.05, 0) is 116 Å². The molecular formula is C54H33Cl. The van der Waals surface area contributed by atoms with E-state index in [0.717, 1.165) is 21.2 Å². The lowest BCUT2D eigenvalue weighted by Gasteiger charge is -2.20. The number of rotatable bonds is 4. The van der Waals surface area contributed by atoms with Gasteiger partial charge in [-0.15, -0.1) is 0 Å². The summed E-state index contributed by atoms with van der Waals surface area (Å²) in [7, 11) is 0. The molecule has 0 radical (unpaired) electrons. The van der Waals surface area contributed by atoms with Gasteiger partial charge in [0.05, 0.1) is 0 Å². The summed E-state index contributed by atoms with van der Waals surface area (Å²) in [5.41, 5.74) is 9.86. The standard InChI is InChI=1S/C54H33Cl/c55-49-32-31-47(53-45-25-13-11-23-43(45)51(35-17-5-2-6-18-35)44-24-12-14-26-46(44)53)48-30-27-36-33-37(28-29-38(36)54(48)49)52-41-21-9-7-19-39(41)50(34-15-3-1-4-16-34)40-20-8-10-22-42(40)52/h1-33H. The molecule has 1 heteroatoms. The molecule has 55 heavy (non-hydrogen) atoms. The zero-order valence-electron chi connectivity index (χ0n) is 29.9. The molecular weight excluding hydrogens is 684 g/mol. The minimum Gasteiger partial charge on any atom is -0.0836 e. The van der Waals surface area contributed by atoms with Gasteiger partial charge in [0.1, 0.15) is 0 Å². The number of benzene rings is 11. The Morgan fingerprint density at radius 2 is 0.636 bits per heavy atom. The minimum atomic E-state index is 0.759. The second-order valence-electron chi connectivity index (χ2n) is 14.4. The Hall–Kier alpha value is -6.73. The fourth-order valence-corrected chi connectivity index (χ4v) is 9.47. The van der Waals surface area contributed by atoms with Crippen LogP contribution in [0.1, 0.15) is 0 Å². The fraction of sp³-hybridized carbons (Fsp3) is 0. The molecule has 0 spiro atoms. The molecule has 0 aliphatic heterocycles. The Kier molecular flexibility index (Phi) is 7.33. The SMILES string of the molecule is Clc1ccc(-c2c3ccccc3c(-c3ccccc3)c3ccccc23)c2ccc3cc(-c4c5ccccc5c(-c5ccccc5)c5ccccc45)ccc3c12. The van der Waals surface area contributed by atoms with Crippen LogP contribution >= 0.6 is 11.6 Å². The Balaban J connectivity index is 1.16. The Bertz CT molecular complexity index is 3190. The summed E-state index contributed by atoms with van der Waals surface area (Å²) in [6.45, 7) is 0. The van der Waals surface area contributed by atoms with Crippen LogP contribution in [0.5, 0.6) is 0 Å². The summed E-state index contributed by atoms with van der Waals surface area (Å²) < 4.78 is 0. The van der Waals surface area contributed by atoms with Crippen LogP contribution in [0.4, 0.5) is 0 Å². The van der Waals surface area contributed by atoms with E-state index in [2.05, 4.69) is 200 Å². The van der Waals surface area contributed by atoms with Gasteiger partial charge in [0.15, 0.2) is 0 Å². The van der Waals surface area contributed by atoms with Crippen LogP contribution in [0.2, 0.25) is 5.02 Å². The third-order valence-corrected chi connectivity index (χ3v) is 11.8. The van der Waals surface area contributed by atoms with Crippen molar-refractivity contribution in [2.75, 3.05) is 0 Å². The predicted octanol–water partition coefficient (Wildman–Crippen LogP) is 15.9. The van der Waals surface area contributed by atoms with Crippen LogP contribution in [0.25, 0.3) is 109 Å². The van der Waals surface area contributed by atoms with E-state index in [9.17, 15) is 0 Å². The molecule has 256 valence electrons. The maximum absolute atomic E-state index is 7.23. The van der Waals surface area contributed by atoms with Crippen molar-refractivity contribution in [2.24, 2.45) is 0 Å². The Morgan fingerprint density at radius 1 is 0.255 bits per heavy atom. The van der Waals surface area contributed by atoms with Crippen molar-refractivity contribution in [3.05, 3.63) is 205 Å². The van der Waals surface area contributed by atoms with Gasteiger partial charge in [0, 0.05) is 10.4 Å². The minimum absolute atomic E-state index is 0.759. The summed E-state index contributed by atoms with van der Waals surface area (Å²) in [6, 6.07) is 72.8. The summed E-state index contributed by atoms with van der Waals surface area (Å²) in [5.74, 6) is 0. The highest BCUT2D eigenvalue weighted by molar-refractivity contribution is 6.39. The first-order valence-corrected chi connectivity index (χ1v) is 19.3. The molecule has 0 saturated carbocycles. The maximum Gasteiger partial charge on any atom is 0.0491 e. The van der Waals surface area contributed by atoms with E-state index >= 15 is 0 Å². The molecule has 0 saturated heterocycles. The van der Waals surface area contributed by atoms with Crippen LogP contribution in [0.3, 0.4) is 0 Å². The zero-order valence-corrected chi connectivity index (χ0v) is 30.7. The largest absolute Gasteiger partial charge is 0.0836 e. The zero-order chi connectivity index (χ0) is 36.5. The molecule has 0 bridgehead atoms. The first-order chi connectivity index (χ1) is 27.2. The highest BCUT2D eigenvalue weighted by atomic mass is 35.5. The van der Waals surface area contributed by atoms with E-state index in [1.165, 1.54) is 93.0 Å². The van der Waals surface area contributed by atoms with Crippen molar-refractivity contribution in [3.63, 3.8) is 0 Å². The van der Waals surface area contributed by atoms with Crippen molar-refractivity contribution >= 4 is 76.2 Å². The van der Waals surface area contributed by atoms with E-state index in [-0.39, 0.29) is 0 Å². The van der Waals surface area contributed by atoms with Crippen LogP contribution in [-0.4, -0.2) is 0 Å². The Morgan fingerprint density at radius 3 is 1.09 bits per heavy atom. The molecule has 11 aromatic rings. The number of fused-ring (bicyclic) bond motifs is 7. The molecule has 0 unspecified atom stereocenters. The normalized spacial score (nSPS) is 11.7. The number of halogens is 1. The topological polar surface area (TPSA) is 0 Å². The van der Waals surface area contributed by atoms with Crippen molar-refractivity contribution in [2.45, 2.75) is 0 Å². The third kappa shape index (κ3) is 4.92. The van der Waals surface area contributed by atoms with Crippen molar-refractivity contribution in [1.82, 2.24) is 0 Å². The van der Waals surface area contributed by atoms with Crippen molar-refractivity contribution < 1.29 is 0 Å². The first-order valence-electron chi connectivity index (χ1n) is 18.9. The molecule has 11 rings (SSSR count). The number of hydrogen-bond acceptors (Lipinski definition) is 0. The van der Waals surface area contributed by atoms with Gasteiger partial charge in [-0.3, -0.25) is 0 Å². The molecule has 0 aliphatic rings. The van der Waals surface area contributed by atoms with Crippen molar-refractivity contribution in [1.29, 1.82) is 0 Å². The second kappa shape index (κ2) is 12.7. The second-order valence-corrected chi connectivity index (χ2v) is 14.8. The monoisotopic (exact) mass is 716 g/mol. The van der Waals surface area contributed by atoms with Gasteiger partial charge >= 0.3 is 0 Å². The smallest absolute Gasteiger partial charge is 0.0491 e. The lowest BCUT2D eigenvalue weighted by atomic mass is 9.84. The van der Waals surface area contributed by atoms with E-state index in [1.54, 1.807) is 0 Å².